The smallest absolute Gasteiger partial charge is 0.179 e. The maximum absolute atomic E-state index is 9.55. The van der Waals surface area contributed by atoms with Gasteiger partial charge in [-0.3, -0.25) is 4.90 Å². The standard InChI is InChI=1S/C14H18ClNO3/c15-12-6-10(8-16-3-2-11(17)9-16)7-13-14(12)19-5-1-4-18-13/h6-7,11,17H,1-5,8-9H2/t11-/m1/s1. The van der Waals surface area contributed by atoms with Crippen LogP contribution in [0, 0.1) is 0 Å². The number of ether oxygens (including phenoxy) is 2. The number of aliphatic hydroxyl groups excluding tert-OH is 1. The molecule has 0 radical (unpaired) electrons. The lowest BCUT2D eigenvalue weighted by Crippen LogP contribution is -2.21. The molecule has 19 heavy (non-hydrogen) atoms. The van der Waals surface area contributed by atoms with Gasteiger partial charge < -0.3 is 14.6 Å². The first-order valence-corrected chi connectivity index (χ1v) is 7.08. The molecular weight excluding hydrogens is 266 g/mol. The van der Waals surface area contributed by atoms with Gasteiger partial charge in [0, 0.05) is 26.1 Å². The summed E-state index contributed by atoms with van der Waals surface area (Å²) in [5.41, 5.74) is 1.10. The maximum atomic E-state index is 9.55. The number of likely N-dealkylation sites (tertiary alicyclic amines) is 1. The van der Waals surface area contributed by atoms with E-state index in [1.165, 1.54) is 0 Å². The Labute approximate surface area is 117 Å². The molecule has 2 heterocycles. The van der Waals surface area contributed by atoms with Crippen molar-refractivity contribution >= 4 is 11.6 Å². The van der Waals surface area contributed by atoms with Gasteiger partial charge in [0.05, 0.1) is 24.3 Å². The molecule has 2 aliphatic rings. The first-order chi connectivity index (χ1) is 9.22. The van der Waals surface area contributed by atoms with E-state index in [1.807, 2.05) is 12.1 Å². The number of halogens is 1. The lowest BCUT2D eigenvalue weighted by Gasteiger charge is -2.17. The van der Waals surface area contributed by atoms with Crippen molar-refractivity contribution in [2.45, 2.75) is 25.5 Å². The summed E-state index contributed by atoms with van der Waals surface area (Å²) in [4.78, 5) is 2.22. The quantitative estimate of drug-likeness (QED) is 0.902. The van der Waals surface area contributed by atoms with Gasteiger partial charge in [-0.15, -0.1) is 0 Å². The second-order valence-corrected chi connectivity index (χ2v) is 5.54. The number of aliphatic hydroxyl groups is 1. The van der Waals surface area contributed by atoms with Crippen LogP contribution in [0.3, 0.4) is 0 Å². The summed E-state index contributed by atoms with van der Waals surface area (Å²) in [6.45, 7) is 3.74. The maximum Gasteiger partial charge on any atom is 0.179 e. The highest BCUT2D eigenvalue weighted by atomic mass is 35.5. The van der Waals surface area contributed by atoms with Gasteiger partial charge in [0.15, 0.2) is 11.5 Å². The molecule has 1 N–H and O–H groups in total. The summed E-state index contributed by atoms with van der Waals surface area (Å²) in [5.74, 6) is 1.39. The highest BCUT2D eigenvalue weighted by Gasteiger charge is 2.21. The lowest BCUT2D eigenvalue weighted by molar-refractivity contribution is 0.174. The van der Waals surface area contributed by atoms with Gasteiger partial charge >= 0.3 is 0 Å². The fourth-order valence-electron chi connectivity index (χ4n) is 2.59. The number of hydrogen-bond donors (Lipinski definition) is 1. The van der Waals surface area contributed by atoms with Gasteiger partial charge in [-0.25, -0.2) is 0 Å². The molecule has 5 heteroatoms. The zero-order chi connectivity index (χ0) is 13.2. The average Bonchev–Trinajstić information content (AvgIpc) is 2.64. The largest absolute Gasteiger partial charge is 0.489 e. The summed E-state index contributed by atoms with van der Waals surface area (Å²) in [6.07, 6.45) is 1.52. The second-order valence-electron chi connectivity index (χ2n) is 5.13. The van der Waals surface area contributed by atoms with E-state index < -0.39 is 0 Å². The van der Waals surface area contributed by atoms with Crippen LogP contribution in [-0.2, 0) is 6.54 Å². The highest BCUT2D eigenvalue weighted by Crippen LogP contribution is 2.38. The number of rotatable bonds is 2. The molecule has 0 saturated carbocycles. The van der Waals surface area contributed by atoms with Crippen LogP contribution < -0.4 is 9.47 Å². The van der Waals surface area contributed by atoms with Crippen LogP contribution in [0.5, 0.6) is 11.5 Å². The third-order valence-electron chi connectivity index (χ3n) is 3.52. The second kappa shape index (κ2) is 5.57. The third-order valence-corrected chi connectivity index (χ3v) is 3.80. The Kier molecular flexibility index (Phi) is 3.82. The van der Waals surface area contributed by atoms with E-state index >= 15 is 0 Å². The molecule has 0 spiro atoms. The van der Waals surface area contributed by atoms with Crippen molar-refractivity contribution < 1.29 is 14.6 Å². The normalized spacial score (nSPS) is 23.4. The monoisotopic (exact) mass is 283 g/mol. The summed E-state index contributed by atoms with van der Waals surface area (Å²) < 4.78 is 11.3. The van der Waals surface area contributed by atoms with E-state index in [4.69, 9.17) is 21.1 Å². The number of hydrogen-bond acceptors (Lipinski definition) is 4. The average molecular weight is 284 g/mol. The Hall–Kier alpha value is -0.970. The van der Waals surface area contributed by atoms with Crippen molar-refractivity contribution in [3.05, 3.63) is 22.7 Å². The molecule has 1 aromatic carbocycles. The van der Waals surface area contributed by atoms with Gasteiger partial charge in [0.25, 0.3) is 0 Å². The van der Waals surface area contributed by atoms with E-state index in [1.54, 1.807) is 0 Å². The zero-order valence-corrected chi connectivity index (χ0v) is 11.5. The molecule has 1 aromatic rings. The van der Waals surface area contributed by atoms with Crippen LogP contribution >= 0.6 is 11.6 Å². The Morgan fingerprint density at radius 2 is 2.16 bits per heavy atom. The van der Waals surface area contributed by atoms with Crippen molar-refractivity contribution in [3.8, 4) is 11.5 Å². The van der Waals surface area contributed by atoms with Gasteiger partial charge in [-0.2, -0.15) is 0 Å². The fraction of sp³-hybridized carbons (Fsp3) is 0.571. The molecule has 2 aliphatic heterocycles. The van der Waals surface area contributed by atoms with Crippen molar-refractivity contribution in [2.75, 3.05) is 26.3 Å². The number of nitrogens with zero attached hydrogens (tertiary/aromatic N) is 1. The highest BCUT2D eigenvalue weighted by molar-refractivity contribution is 6.32. The lowest BCUT2D eigenvalue weighted by atomic mass is 10.2. The minimum absolute atomic E-state index is 0.198. The Morgan fingerprint density at radius 1 is 1.32 bits per heavy atom. The topological polar surface area (TPSA) is 41.9 Å². The predicted octanol–water partition coefficient (Wildman–Crippen LogP) is 2.07. The van der Waals surface area contributed by atoms with Crippen molar-refractivity contribution in [1.29, 1.82) is 0 Å². The molecule has 0 aromatic heterocycles. The molecule has 0 unspecified atom stereocenters. The SMILES string of the molecule is O[C@@H]1CCN(Cc2cc(Cl)c3c(c2)OCCCO3)C1. The van der Waals surface area contributed by atoms with Gasteiger partial charge in [0.2, 0.25) is 0 Å². The molecule has 1 saturated heterocycles. The van der Waals surface area contributed by atoms with Gasteiger partial charge in [-0.05, 0) is 24.1 Å². The molecule has 1 fully saturated rings. The van der Waals surface area contributed by atoms with Crippen molar-refractivity contribution in [1.82, 2.24) is 4.90 Å². The minimum atomic E-state index is -0.198. The molecular formula is C14H18ClNO3. The zero-order valence-electron chi connectivity index (χ0n) is 10.8. The minimum Gasteiger partial charge on any atom is -0.489 e. The van der Waals surface area contributed by atoms with Crippen LogP contribution in [0.2, 0.25) is 5.02 Å². The predicted molar refractivity (Wildman–Crippen MR) is 73.0 cm³/mol. The first-order valence-electron chi connectivity index (χ1n) is 6.71. The number of fused-ring (bicyclic) bond motifs is 1. The summed E-state index contributed by atoms with van der Waals surface area (Å²) in [6, 6.07) is 3.93. The molecule has 0 aliphatic carbocycles. The van der Waals surface area contributed by atoms with E-state index in [9.17, 15) is 5.11 Å². The first kappa shape index (κ1) is 13.0. The van der Waals surface area contributed by atoms with Crippen LogP contribution in [0.4, 0.5) is 0 Å². The Morgan fingerprint density at radius 3 is 2.95 bits per heavy atom. The summed E-state index contributed by atoms with van der Waals surface area (Å²) >= 11 is 6.26. The molecule has 4 nitrogen and oxygen atoms in total. The van der Waals surface area contributed by atoms with Crippen LogP contribution in [0.25, 0.3) is 0 Å². The van der Waals surface area contributed by atoms with E-state index in [-0.39, 0.29) is 6.10 Å². The van der Waals surface area contributed by atoms with E-state index in [0.717, 1.165) is 43.8 Å². The number of benzene rings is 1. The summed E-state index contributed by atoms with van der Waals surface area (Å²) in [5, 5.41) is 10.2. The molecule has 0 amide bonds. The molecule has 3 rings (SSSR count). The molecule has 0 bridgehead atoms. The Bertz CT molecular complexity index is 466. The van der Waals surface area contributed by atoms with Gasteiger partial charge in [-0.1, -0.05) is 11.6 Å². The van der Waals surface area contributed by atoms with Crippen molar-refractivity contribution in [2.24, 2.45) is 0 Å². The fourth-order valence-corrected chi connectivity index (χ4v) is 2.88. The molecule has 1 atom stereocenters. The van der Waals surface area contributed by atoms with E-state index in [0.29, 0.717) is 24.0 Å². The van der Waals surface area contributed by atoms with Crippen LogP contribution in [0.15, 0.2) is 12.1 Å². The van der Waals surface area contributed by atoms with Crippen molar-refractivity contribution in [3.63, 3.8) is 0 Å². The Balaban J connectivity index is 1.79. The van der Waals surface area contributed by atoms with Crippen LogP contribution in [-0.4, -0.2) is 42.4 Å². The van der Waals surface area contributed by atoms with E-state index in [2.05, 4.69) is 4.90 Å². The number of β-amino-alcohol motifs (C(OH)–C–C–N with tert-alkyl or cyclic N) is 1. The molecule has 104 valence electrons. The summed E-state index contributed by atoms with van der Waals surface area (Å²) in [7, 11) is 0. The van der Waals surface area contributed by atoms with Gasteiger partial charge in [0.1, 0.15) is 0 Å². The third kappa shape index (κ3) is 2.96. The van der Waals surface area contributed by atoms with Crippen LogP contribution in [0.1, 0.15) is 18.4 Å².